The highest BCUT2D eigenvalue weighted by Gasteiger charge is 2.11. The molecule has 0 aliphatic rings. The number of hydrogen-bond donors (Lipinski definition) is 1. The number of aromatic nitrogens is 1. The summed E-state index contributed by atoms with van der Waals surface area (Å²) in [7, 11) is 0. The van der Waals surface area contributed by atoms with Crippen molar-refractivity contribution < 1.29 is 9.53 Å². The summed E-state index contributed by atoms with van der Waals surface area (Å²) in [5, 5.41) is 5.64. The zero-order chi connectivity index (χ0) is 13.7. The van der Waals surface area contributed by atoms with Crippen molar-refractivity contribution in [2.24, 2.45) is 0 Å². The van der Waals surface area contributed by atoms with E-state index in [4.69, 9.17) is 4.74 Å². The molecule has 0 aliphatic heterocycles. The molecule has 19 heavy (non-hydrogen) atoms. The van der Waals surface area contributed by atoms with Crippen molar-refractivity contribution >= 4 is 22.4 Å². The Bertz CT molecular complexity index is 566. The topological polar surface area (TPSA) is 51.2 Å². The molecule has 100 valence electrons. The second-order valence-corrected chi connectivity index (χ2v) is 4.96. The monoisotopic (exact) mass is 276 g/mol. The zero-order valence-corrected chi connectivity index (χ0v) is 11.8. The van der Waals surface area contributed by atoms with Gasteiger partial charge in [0.15, 0.2) is 10.8 Å². The minimum absolute atomic E-state index is 0.360. The van der Waals surface area contributed by atoms with Crippen LogP contribution in [-0.2, 0) is 11.3 Å². The first-order chi connectivity index (χ1) is 9.19. The molecule has 0 spiro atoms. The molecule has 5 heteroatoms. The van der Waals surface area contributed by atoms with Gasteiger partial charge in [-0.15, -0.1) is 11.3 Å². The van der Waals surface area contributed by atoms with Gasteiger partial charge < -0.3 is 10.1 Å². The summed E-state index contributed by atoms with van der Waals surface area (Å²) in [5.41, 5.74) is 2.78. The third-order valence-corrected chi connectivity index (χ3v) is 3.31. The van der Waals surface area contributed by atoms with E-state index in [2.05, 4.69) is 35.4 Å². The van der Waals surface area contributed by atoms with E-state index in [0.717, 1.165) is 5.13 Å². The van der Waals surface area contributed by atoms with Gasteiger partial charge in [-0.1, -0.05) is 29.8 Å². The van der Waals surface area contributed by atoms with E-state index in [1.54, 1.807) is 12.3 Å². The lowest BCUT2D eigenvalue weighted by Gasteiger charge is -2.03. The van der Waals surface area contributed by atoms with Crippen molar-refractivity contribution in [2.75, 3.05) is 11.9 Å². The predicted molar refractivity (Wildman–Crippen MR) is 76.6 cm³/mol. The maximum atomic E-state index is 11.5. The first-order valence-electron chi connectivity index (χ1n) is 6.11. The average molecular weight is 276 g/mol. The molecule has 2 rings (SSSR count). The number of nitrogens with one attached hydrogen (secondary N) is 1. The molecule has 0 fully saturated rings. The van der Waals surface area contributed by atoms with Crippen LogP contribution in [0.15, 0.2) is 29.6 Å². The summed E-state index contributed by atoms with van der Waals surface area (Å²) in [6, 6.07) is 8.26. The van der Waals surface area contributed by atoms with Gasteiger partial charge >= 0.3 is 5.97 Å². The van der Waals surface area contributed by atoms with Crippen LogP contribution < -0.4 is 5.32 Å². The number of nitrogens with zero attached hydrogens (tertiary/aromatic N) is 1. The molecule has 4 nitrogen and oxygen atoms in total. The third-order valence-electron chi connectivity index (χ3n) is 2.51. The van der Waals surface area contributed by atoms with Gasteiger partial charge in [0.25, 0.3) is 0 Å². The van der Waals surface area contributed by atoms with Crippen LogP contribution in [-0.4, -0.2) is 17.6 Å². The number of carbonyl (C=O) groups is 1. The zero-order valence-electron chi connectivity index (χ0n) is 11.0. The van der Waals surface area contributed by atoms with Gasteiger partial charge in [-0.2, -0.15) is 0 Å². The first-order valence-corrected chi connectivity index (χ1v) is 6.99. The number of carbonyl (C=O) groups excluding carboxylic acids is 1. The highest BCUT2D eigenvalue weighted by molar-refractivity contribution is 7.13. The number of benzene rings is 1. The SMILES string of the molecule is CCOC(=O)c1csc(NCc2cccc(C)c2)n1. The smallest absolute Gasteiger partial charge is 0.357 e. The first kappa shape index (κ1) is 13.5. The quantitative estimate of drug-likeness (QED) is 0.852. The Morgan fingerprint density at radius 3 is 3.05 bits per heavy atom. The van der Waals surface area contributed by atoms with E-state index in [-0.39, 0.29) is 5.97 Å². The lowest BCUT2D eigenvalue weighted by atomic mass is 10.1. The van der Waals surface area contributed by atoms with Crippen LogP contribution in [0.1, 0.15) is 28.5 Å². The molecule has 1 aromatic carbocycles. The Morgan fingerprint density at radius 1 is 1.47 bits per heavy atom. The number of rotatable bonds is 5. The number of thiazole rings is 1. The maximum absolute atomic E-state index is 11.5. The van der Waals surface area contributed by atoms with E-state index in [0.29, 0.717) is 18.8 Å². The number of aryl methyl sites for hydroxylation is 1. The summed E-state index contributed by atoms with van der Waals surface area (Å²) >= 11 is 1.40. The van der Waals surface area contributed by atoms with Gasteiger partial charge in [0.2, 0.25) is 0 Å². The van der Waals surface area contributed by atoms with Crippen LogP contribution in [0, 0.1) is 6.92 Å². The number of hydrogen-bond acceptors (Lipinski definition) is 5. The van der Waals surface area contributed by atoms with Crippen LogP contribution in [0.3, 0.4) is 0 Å². The van der Waals surface area contributed by atoms with Crippen molar-refractivity contribution in [2.45, 2.75) is 20.4 Å². The van der Waals surface area contributed by atoms with Crippen molar-refractivity contribution in [3.63, 3.8) is 0 Å². The standard InChI is InChI=1S/C14H16N2O2S/c1-3-18-13(17)12-9-19-14(16-12)15-8-11-6-4-5-10(2)7-11/h4-7,9H,3,8H2,1-2H3,(H,15,16). The second-order valence-electron chi connectivity index (χ2n) is 4.10. The van der Waals surface area contributed by atoms with Crippen molar-refractivity contribution in [3.8, 4) is 0 Å². The summed E-state index contributed by atoms with van der Waals surface area (Å²) in [5.74, 6) is -0.373. The van der Waals surface area contributed by atoms with E-state index in [9.17, 15) is 4.79 Å². The fraction of sp³-hybridized carbons (Fsp3) is 0.286. The third kappa shape index (κ3) is 3.79. The molecule has 0 radical (unpaired) electrons. The molecule has 1 aromatic heterocycles. The highest BCUT2D eigenvalue weighted by atomic mass is 32.1. The summed E-state index contributed by atoms with van der Waals surface area (Å²) in [6.07, 6.45) is 0. The van der Waals surface area contributed by atoms with Crippen molar-refractivity contribution in [1.82, 2.24) is 4.98 Å². The molecule has 0 saturated carbocycles. The number of anilines is 1. The maximum Gasteiger partial charge on any atom is 0.357 e. The second kappa shape index (κ2) is 6.33. The average Bonchev–Trinajstić information content (AvgIpc) is 2.86. The number of esters is 1. The Hall–Kier alpha value is -1.88. The van der Waals surface area contributed by atoms with Gasteiger partial charge in [0.1, 0.15) is 0 Å². The van der Waals surface area contributed by atoms with E-state index in [1.165, 1.54) is 22.5 Å². The molecule has 0 unspecified atom stereocenters. The molecule has 1 N–H and O–H groups in total. The van der Waals surface area contributed by atoms with Gasteiger partial charge in [-0.3, -0.25) is 0 Å². The normalized spacial score (nSPS) is 10.2. The lowest BCUT2D eigenvalue weighted by molar-refractivity contribution is 0.0520. The van der Waals surface area contributed by atoms with Crippen molar-refractivity contribution in [1.29, 1.82) is 0 Å². The molecule has 0 saturated heterocycles. The van der Waals surface area contributed by atoms with Gasteiger partial charge in [-0.25, -0.2) is 9.78 Å². The van der Waals surface area contributed by atoms with Crippen LogP contribution >= 0.6 is 11.3 Å². The minimum Gasteiger partial charge on any atom is -0.461 e. The molecule has 0 bridgehead atoms. The predicted octanol–water partition coefficient (Wildman–Crippen LogP) is 3.24. The largest absolute Gasteiger partial charge is 0.461 e. The Labute approximate surface area is 116 Å². The van der Waals surface area contributed by atoms with Crippen LogP contribution in [0.2, 0.25) is 0 Å². The molecule has 0 atom stereocenters. The summed E-state index contributed by atoms with van der Waals surface area (Å²) < 4.78 is 4.90. The van der Waals surface area contributed by atoms with Gasteiger partial charge in [0.05, 0.1) is 6.61 Å². The highest BCUT2D eigenvalue weighted by Crippen LogP contribution is 2.17. The van der Waals surface area contributed by atoms with E-state index >= 15 is 0 Å². The molecular formula is C14H16N2O2S. The van der Waals surface area contributed by atoms with E-state index < -0.39 is 0 Å². The minimum atomic E-state index is -0.373. The van der Waals surface area contributed by atoms with Crippen LogP contribution in [0.5, 0.6) is 0 Å². The molecule has 0 aliphatic carbocycles. The summed E-state index contributed by atoms with van der Waals surface area (Å²) in [6.45, 7) is 4.90. The fourth-order valence-electron chi connectivity index (χ4n) is 1.65. The fourth-order valence-corrected chi connectivity index (χ4v) is 2.33. The lowest BCUT2D eigenvalue weighted by Crippen LogP contribution is -2.05. The Morgan fingerprint density at radius 2 is 2.32 bits per heavy atom. The molecule has 1 heterocycles. The van der Waals surface area contributed by atoms with Crippen LogP contribution in [0.25, 0.3) is 0 Å². The van der Waals surface area contributed by atoms with Gasteiger partial charge in [-0.05, 0) is 19.4 Å². The number of ether oxygens (including phenoxy) is 1. The Kier molecular flexibility index (Phi) is 4.52. The Balaban J connectivity index is 1.95. The van der Waals surface area contributed by atoms with Gasteiger partial charge in [0, 0.05) is 11.9 Å². The summed E-state index contributed by atoms with van der Waals surface area (Å²) in [4.78, 5) is 15.7. The molecule has 0 amide bonds. The molecular weight excluding hydrogens is 260 g/mol. The van der Waals surface area contributed by atoms with Crippen LogP contribution in [0.4, 0.5) is 5.13 Å². The van der Waals surface area contributed by atoms with Crippen molar-refractivity contribution in [3.05, 3.63) is 46.5 Å². The molecule has 2 aromatic rings. The van der Waals surface area contributed by atoms with E-state index in [1.807, 2.05) is 6.07 Å².